The molecule has 1 aliphatic heterocycles. The number of likely N-dealkylation sites (tertiary alicyclic amines) is 1. The predicted octanol–water partition coefficient (Wildman–Crippen LogP) is 5.15. The fraction of sp³-hybridized carbons (Fsp3) is 0.484. The van der Waals surface area contributed by atoms with Gasteiger partial charge in [0.2, 0.25) is 5.96 Å². The number of anilines is 1. The lowest BCUT2D eigenvalue weighted by Gasteiger charge is -2.24. The van der Waals surface area contributed by atoms with Crippen LogP contribution in [0.25, 0.3) is 10.9 Å². The maximum absolute atomic E-state index is 12.8. The van der Waals surface area contributed by atoms with Crippen LogP contribution in [0, 0.1) is 13.8 Å². The Morgan fingerprint density at radius 3 is 2.46 bits per heavy atom. The molecule has 1 atom stereocenters. The number of benzene rings is 2. The van der Waals surface area contributed by atoms with Crippen molar-refractivity contribution >= 4 is 34.3 Å². The number of esters is 1. The van der Waals surface area contributed by atoms with Gasteiger partial charge in [-0.25, -0.2) is 14.8 Å². The van der Waals surface area contributed by atoms with E-state index in [1.807, 2.05) is 65.0 Å². The van der Waals surface area contributed by atoms with Crippen molar-refractivity contribution in [2.75, 3.05) is 38.7 Å². The zero-order valence-electron chi connectivity index (χ0n) is 25.2. The Bertz CT molecular complexity index is 1380. The molecule has 1 aromatic heterocycles. The fourth-order valence-corrected chi connectivity index (χ4v) is 4.69. The second kappa shape index (κ2) is 13.2. The highest BCUT2D eigenvalue weighted by atomic mass is 16.6. The fourth-order valence-electron chi connectivity index (χ4n) is 4.69. The van der Waals surface area contributed by atoms with Crippen LogP contribution in [0.4, 0.5) is 11.5 Å². The topological polar surface area (TPSA) is 110 Å². The number of hydrogen-bond acceptors (Lipinski definition) is 8. The summed E-state index contributed by atoms with van der Waals surface area (Å²) in [5.74, 6) is 1.57. The smallest absolute Gasteiger partial charge is 0.328 e. The van der Waals surface area contributed by atoms with Crippen molar-refractivity contribution in [3.8, 4) is 11.5 Å². The summed E-state index contributed by atoms with van der Waals surface area (Å²) in [6.07, 6.45) is 3.95. The summed E-state index contributed by atoms with van der Waals surface area (Å²) in [5.41, 5.74) is 3.02. The van der Waals surface area contributed by atoms with Gasteiger partial charge < -0.3 is 24.8 Å². The monoisotopic (exact) mass is 562 g/mol. The Balaban J connectivity index is 1.67. The van der Waals surface area contributed by atoms with Crippen LogP contribution in [0.3, 0.4) is 0 Å². The maximum atomic E-state index is 12.8. The van der Waals surface area contributed by atoms with Gasteiger partial charge in [0.05, 0.1) is 12.6 Å². The van der Waals surface area contributed by atoms with Gasteiger partial charge in [-0.15, -0.1) is 0 Å². The number of aromatic nitrogens is 2. The van der Waals surface area contributed by atoms with E-state index in [9.17, 15) is 4.79 Å². The molecule has 10 heteroatoms. The van der Waals surface area contributed by atoms with E-state index >= 15 is 0 Å². The number of nitrogens with one attached hydrogen (secondary N) is 2. The molecule has 2 aromatic carbocycles. The van der Waals surface area contributed by atoms with Gasteiger partial charge in [-0.05, 0) is 84.7 Å². The standard InChI is InChI=1S/C31H42N6O4/c1-20-11-10-12-21(2)27(20)35-30(34-22(3)29(38)41-31(4,5)6)36-28-23-17-25(39-7)26(18-24(23)32-19-33-28)40-16-15-37-13-8-9-14-37/h10-12,17-19,22H,8-9,13-16H2,1-7H3,(H2,32,33,34,35,36)/t22-/m1/s1. The lowest BCUT2D eigenvalue weighted by molar-refractivity contribution is -0.156. The summed E-state index contributed by atoms with van der Waals surface area (Å²) in [6.45, 7) is 15.0. The lowest BCUT2D eigenvalue weighted by Crippen LogP contribution is -2.44. The van der Waals surface area contributed by atoms with Gasteiger partial charge in [0.1, 0.15) is 24.6 Å². The van der Waals surface area contributed by atoms with E-state index < -0.39 is 17.6 Å². The quantitative estimate of drug-likeness (QED) is 0.208. The number of guanidine groups is 1. The minimum atomic E-state index is -0.678. The number of ether oxygens (including phenoxy) is 3. The number of aliphatic imine (C=N–C) groups is 1. The Labute approximate surface area is 242 Å². The average molecular weight is 563 g/mol. The zero-order chi connectivity index (χ0) is 29.6. The molecular formula is C31H42N6O4. The van der Waals surface area contributed by atoms with Crippen molar-refractivity contribution in [3.05, 3.63) is 47.8 Å². The molecule has 41 heavy (non-hydrogen) atoms. The molecule has 2 N–H and O–H groups in total. The van der Waals surface area contributed by atoms with Crippen molar-refractivity contribution in [3.63, 3.8) is 0 Å². The molecule has 0 bridgehead atoms. The van der Waals surface area contributed by atoms with Crippen molar-refractivity contribution in [2.24, 2.45) is 4.99 Å². The van der Waals surface area contributed by atoms with Crippen molar-refractivity contribution in [1.29, 1.82) is 0 Å². The van der Waals surface area contributed by atoms with Crippen LogP contribution in [0.5, 0.6) is 11.5 Å². The third-order valence-electron chi connectivity index (χ3n) is 6.82. The van der Waals surface area contributed by atoms with Crippen molar-refractivity contribution in [1.82, 2.24) is 20.2 Å². The van der Waals surface area contributed by atoms with Crippen molar-refractivity contribution in [2.45, 2.75) is 66.0 Å². The van der Waals surface area contributed by atoms with Crippen molar-refractivity contribution < 1.29 is 19.0 Å². The first-order valence-electron chi connectivity index (χ1n) is 14.1. The van der Waals surface area contributed by atoms with Gasteiger partial charge in [0, 0.05) is 23.7 Å². The summed E-state index contributed by atoms with van der Waals surface area (Å²) in [5, 5.41) is 7.26. The van der Waals surface area contributed by atoms with Crippen LogP contribution in [-0.2, 0) is 9.53 Å². The summed E-state index contributed by atoms with van der Waals surface area (Å²) in [7, 11) is 1.61. The minimum Gasteiger partial charge on any atom is -0.493 e. The van der Waals surface area contributed by atoms with Crippen LogP contribution in [-0.4, -0.2) is 71.8 Å². The van der Waals surface area contributed by atoms with E-state index in [-0.39, 0.29) is 0 Å². The predicted molar refractivity (Wildman–Crippen MR) is 162 cm³/mol. The highest BCUT2D eigenvalue weighted by molar-refractivity contribution is 6.01. The third-order valence-corrected chi connectivity index (χ3v) is 6.82. The summed E-state index contributed by atoms with van der Waals surface area (Å²) in [6, 6.07) is 9.05. The molecule has 10 nitrogen and oxygen atoms in total. The van der Waals surface area contributed by atoms with Gasteiger partial charge in [-0.2, -0.15) is 4.99 Å². The van der Waals surface area contributed by atoms with Gasteiger partial charge in [-0.3, -0.25) is 4.90 Å². The second-order valence-corrected chi connectivity index (χ2v) is 11.4. The molecule has 3 aromatic rings. The molecule has 0 amide bonds. The first-order valence-corrected chi connectivity index (χ1v) is 14.1. The number of aryl methyl sites for hydroxylation is 2. The highest BCUT2D eigenvalue weighted by Crippen LogP contribution is 2.35. The van der Waals surface area contributed by atoms with Gasteiger partial charge >= 0.3 is 5.97 Å². The van der Waals surface area contributed by atoms with Crippen LogP contribution in [0.15, 0.2) is 41.7 Å². The number of nitrogens with zero attached hydrogens (tertiary/aromatic N) is 4. The van der Waals surface area contributed by atoms with Gasteiger partial charge in [0.15, 0.2) is 17.3 Å². The summed E-state index contributed by atoms with van der Waals surface area (Å²) in [4.78, 5) is 29.0. The van der Waals surface area contributed by atoms with E-state index in [0.717, 1.165) is 36.4 Å². The van der Waals surface area contributed by atoms with Gasteiger partial charge in [-0.1, -0.05) is 18.2 Å². The Morgan fingerprint density at radius 1 is 1.10 bits per heavy atom. The Kier molecular flexibility index (Phi) is 9.65. The van der Waals surface area contributed by atoms with Crippen LogP contribution < -0.4 is 20.1 Å². The number of rotatable bonds is 9. The van der Waals surface area contributed by atoms with E-state index in [0.29, 0.717) is 40.8 Å². The first-order chi connectivity index (χ1) is 19.5. The molecular weight excluding hydrogens is 520 g/mol. The average Bonchev–Trinajstić information content (AvgIpc) is 3.43. The first kappa shape index (κ1) is 30.0. The summed E-state index contributed by atoms with van der Waals surface area (Å²) < 4.78 is 17.4. The normalized spacial score (nSPS) is 15.0. The van der Waals surface area contributed by atoms with E-state index in [1.54, 1.807) is 14.0 Å². The zero-order valence-corrected chi connectivity index (χ0v) is 25.2. The molecule has 4 rings (SSSR count). The molecule has 1 fully saturated rings. The molecule has 0 spiro atoms. The number of carbonyl (C=O) groups excluding carboxylic acids is 1. The molecule has 0 saturated carbocycles. The highest BCUT2D eigenvalue weighted by Gasteiger charge is 2.23. The molecule has 1 saturated heterocycles. The number of carbonyl (C=O) groups is 1. The maximum Gasteiger partial charge on any atom is 0.328 e. The van der Waals surface area contributed by atoms with E-state index in [4.69, 9.17) is 19.2 Å². The number of methoxy groups -OCH3 is 1. The van der Waals surface area contributed by atoms with Crippen LogP contribution in [0.2, 0.25) is 0 Å². The number of fused-ring (bicyclic) bond motifs is 1. The molecule has 0 radical (unpaired) electrons. The number of para-hydroxylation sites is 1. The SMILES string of the molecule is COc1cc2c(N=C(Nc3c(C)cccc3C)N[C@H](C)C(=O)OC(C)(C)C)ncnc2cc1OCCN1CCCC1. The minimum absolute atomic E-state index is 0.352. The molecule has 2 heterocycles. The lowest BCUT2D eigenvalue weighted by atomic mass is 10.1. The van der Waals surface area contributed by atoms with E-state index in [2.05, 4.69) is 25.5 Å². The van der Waals surface area contributed by atoms with Crippen LogP contribution >= 0.6 is 0 Å². The number of hydrogen-bond donors (Lipinski definition) is 2. The largest absolute Gasteiger partial charge is 0.493 e. The second-order valence-electron chi connectivity index (χ2n) is 11.4. The summed E-state index contributed by atoms with van der Waals surface area (Å²) >= 11 is 0. The van der Waals surface area contributed by atoms with E-state index in [1.165, 1.54) is 19.2 Å². The van der Waals surface area contributed by atoms with Crippen LogP contribution in [0.1, 0.15) is 51.7 Å². The molecule has 1 aliphatic rings. The molecule has 0 unspecified atom stereocenters. The molecule has 220 valence electrons. The van der Waals surface area contributed by atoms with Gasteiger partial charge in [0.25, 0.3) is 0 Å². The Morgan fingerprint density at radius 2 is 1.80 bits per heavy atom. The Hall–Kier alpha value is -3.92. The molecule has 0 aliphatic carbocycles. The third kappa shape index (κ3) is 8.07.